The zero-order chi connectivity index (χ0) is 18.0. The second-order valence-corrected chi connectivity index (χ2v) is 7.13. The lowest BCUT2D eigenvalue weighted by Crippen LogP contribution is -2.45. The van der Waals surface area contributed by atoms with Gasteiger partial charge in [-0.2, -0.15) is 0 Å². The lowest BCUT2D eigenvalue weighted by molar-refractivity contribution is -0.159. The van der Waals surface area contributed by atoms with Gasteiger partial charge in [0.2, 0.25) is 0 Å². The number of hydroxylamine groups is 2. The minimum atomic E-state index is -0.666. The van der Waals surface area contributed by atoms with Crippen molar-refractivity contribution in [1.82, 2.24) is 5.06 Å². The first kappa shape index (κ1) is 17.3. The van der Waals surface area contributed by atoms with E-state index in [1.807, 2.05) is 36.3 Å². The number of fused-ring (bicyclic) bond motifs is 1. The van der Waals surface area contributed by atoms with Crippen molar-refractivity contribution in [3.63, 3.8) is 0 Å². The molecule has 2 aliphatic heterocycles. The zero-order valence-corrected chi connectivity index (χ0v) is 15.2. The molecular formula is C22H25NO3. The molecule has 2 aromatic rings. The van der Waals surface area contributed by atoms with Crippen LogP contribution in [0.4, 0.5) is 0 Å². The molecule has 4 rings (SSSR count). The van der Waals surface area contributed by atoms with Gasteiger partial charge in [-0.05, 0) is 38.2 Å². The molecule has 136 valence electrons. The molecule has 0 aliphatic carbocycles. The Bertz CT molecular complexity index is 763. The normalized spacial score (nSPS) is 29.2. The molecule has 4 nitrogen and oxygen atoms in total. The third-order valence-corrected chi connectivity index (χ3v) is 5.58. The van der Waals surface area contributed by atoms with E-state index in [0.717, 1.165) is 37.7 Å². The summed E-state index contributed by atoms with van der Waals surface area (Å²) in [7, 11) is 0. The van der Waals surface area contributed by atoms with Crippen molar-refractivity contribution >= 4 is 5.97 Å². The minimum Gasteiger partial charge on any atom is -0.465 e. The van der Waals surface area contributed by atoms with Crippen LogP contribution in [0, 0.1) is 0 Å². The molecule has 3 atom stereocenters. The highest BCUT2D eigenvalue weighted by molar-refractivity contribution is 5.82. The third kappa shape index (κ3) is 2.83. The van der Waals surface area contributed by atoms with E-state index in [1.54, 1.807) is 0 Å². The van der Waals surface area contributed by atoms with Gasteiger partial charge in [0.25, 0.3) is 0 Å². The van der Waals surface area contributed by atoms with Crippen LogP contribution in [0.5, 0.6) is 0 Å². The van der Waals surface area contributed by atoms with E-state index < -0.39 is 11.3 Å². The Labute approximate surface area is 154 Å². The van der Waals surface area contributed by atoms with E-state index in [2.05, 4.69) is 36.4 Å². The Morgan fingerprint density at radius 3 is 2.42 bits per heavy atom. The number of aryl methyl sites for hydroxylation is 1. The third-order valence-electron chi connectivity index (χ3n) is 5.58. The maximum atomic E-state index is 12.9. The number of hydrogen-bond acceptors (Lipinski definition) is 4. The maximum Gasteiger partial charge on any atom is 0.329 e. The van der Waals surface area contributed by atoms with Gasteiger partial charge in [0.05, 0.1) is 6.61 Å². The number of carbonyl (C=O) groups excluding carboxylic acids is 1. The average Bonchev–Trinajstić information content (AvgIpc) is 3.35. The Balaban J connectivity index is 1.52. The number of rotatable bonds is 7. The number of esters is 1. The molecule has 1 unspecified atom stereocenters. The topological polar surface area (TPSA) is 41.8 Å². The smallest absolute Gasteiger partial charge is 0.329 e. The summed E-state index contributed by atoms with van der Waals surface area (Å²) in [5, 5.41) is 1.92. The molecule has 2 fully saturated rings. The van der Waals surface area contributed by atoms with Crippen molar-refractivity contribution in [2.75, 3.05) is 6.61 Å². The SMILES string of the molecule is CCOC(=O)[C@@]1(CCCc2ccccc2)CC[C@@]2(c3ccccc3)ON12. The molecule has 0 saturated carbocycles. The summed E-state index contributed by atoms with van der Waals surface area (Å²) in [4.78, 5) is 18.9. The molecule has 26 heavy (non-hydrogen) atoms. The Morgan fingerprint density at radius 2 is 1.77 bits per heavy atom. The highest BCUT2D eigenvalue weighted by Crippen LogP contribution is 2.61. The van der Waals surface area contributed by atoms with E-state index in [4.69, 9.17) is 9.57 Å². The van der Waals surface area contributed by atoms with E-state index in [0.29, 0.717) is 6.61 Å². The van der Waals surface area contributed by atoms with Crippen molar-refractivity contribution in [3.05, 3.63) is 71.8 Å². The van der Waals surface area contributed by atoms with Crippen molar-refractivity contribution in [1.29, 1.82) is 0 Å². The number of ether oxygens (including phenoxy) is 1. The van der Waals surface area contributed by atoms with Crippen LogP contribution in [0.2, 0.25) is 0 Å². The van der Waals surface area contributed by atoms with Crippen LogP contribution in [-0.4, -0.2) is 23.2 Å². The molecule has 0 N–H and O–H groups in total. The van der Waals surface area contributed by atoms with E-state index in [1.165, 1.54) is 5.56 Å². The molecule has 0 spiro atoms. The van der Waals surface area contributed by atoms with Crippen LogP contribution in [0.25, 0.3) is 0 Å². The predicted molar refractivity (Wildman–Crippen MR) is 99.0 cm³/mol. The van der Waals surface area contributed by atoms with Gasteiger partial charge in [-0.1, -0.05) is 60.7 Å². The van der Waals surface area contributed by atoms with Gasteiger partial charge in [-0.3, -0.25) is 4.84 Å². The molecule has 0 aromatic heterocycles. The van der Waals surface area contributed by atoms with E-state index in [9.17, 15) is 4.79 Å². The number of carbonyl (C=O) groups is 1. The summed E-state index contributed by atoms with van der Waals surface area (Å²) in [6.07, 6.45) is 4.22. The summed E-state index contributed by atoms with van der Waals surface area (Å²) in [6.45, 7) is 2.25. The first-order valence-electron chi connectivity index (χ1n) is 9.47. The van der Waals surface area contributed by atoms with Gasteiger partial charge >= 0.3 is 5.97 Å². The van der Waals surface area contributed by atoms with E-state index >= 15 is 0 Å². The van der Waals surface area contributed by atoms with Crippen molar-refractivity contribution < 1.29 is 14.4 Å². The van der Waals surface area contributed by atoms with Gasteiger partial charge in [0, 0.05) is 12.0 Å². The molecule has 0 radical (unpaired) electrons. The Hall–Kier alpha value is -2.17. The summed E-state index contributed by atoms with van der Waals surface area (Å²) >= 11 is 0. The fourth-order valence-electron chi connectivity index (χ4n) is 4.21. The molecule has 2 aromatic carbocycles. The van der Waals surface area contributed by atoms with Crippen LogP contribution < -0.4 is 0 Å². The van der Waals surface area contributed by atoms with Gasteiger partial charge in [-0.15, -0.1) is 5.06 Å². The summed E-state index contributed by atoms with van der Waals surface area (Å²) in [5.74, 6) is -0.150. The minimum absolute atomic E-state index is 0.150. The molecular weight excluding hydrogens is 326 g/mol. The predicted octanol–water partition coefficient (Wildman–Crippen LogP) is 4.21. The lowest BCUT2D eigenvalue weighted by Gasteiger charge is -2.27. The van der Waals surface area contributed by atoms with E-state index in [-0.39, 0.29) is 5.97 Å². The van der Waals surface area contributed by atoms with Crippen LogP contribution >= 0.6 is 0 Å². The van der Waals surface area contributed by atoms with Crippen LogP contribution in [0.1, 0.15) is 43.7 Å². The second-order valence-electron chi connectivity index (χ2n) is 7.13. The van der Waals surface area contributed by atoms with Crippen molar-refractivity contribution in [2.45, 2.75) is 50.3 Å². The summed E-state index contributed by atoms with van der Waals surface area (Å²) in [5.41, 5.74) is 1.31. The number of benzene rings is 2. The second kappa shape index (κ2) is 6.86. The van der Waals surface area contributed by atoms with Gasteiger partial charge in [0.1, 0.15) is 5.54 Å². The Kier molecular flexibility index (Phi) is 4.55. The molecule has 4 heteroatoms. The molecule has 0 amide bonds. The number of hydrogen-bond donors (Lipinski definition) is 0. The monoisotopic (exact) mass is 351 g/mol. The highest BCUT2D eigenvalue weighted by atomic mass is 16.9. The first-order valence-corrected chi connectivity index (χ1v) is 9.47. The first-order chi connectivity index (χ1) is 12.7. The quantitative estimate of drug-likeness (QED) is 0.554. The average molecular weight is 351 g/mol. The van der Waals surface area contributed by atoms with Crippen molar-refractivity contribution in [2.24, 2.45) is 0 Å². The molecule has 2 saturated heterocycles. The largest absolute Gasteiger partial charge is 0.465 e. The summed E-state index contributed by atoms with van der Waals surface area (Å²) in [6, 6.07) is 20.6. The highest BCUT2D eigenvalue weighted by Gasteiger charge is 2.73. The molecule has 2 heterocycles. The van der Waals surface area contributed by atoms with Crippen LogP contribution in [-0.2, 0) is 26.5 Å². The van der Waals surface area contributed by atoms with Crippen molar-refractivity contribution in [3.8, 4) is 0 Å². The summed E-state index contributed by atoms with van der Waals surface area (Å²) < 4.78 is 5.45. The Morgan fingerprint density at radius 1 is 1.08 bits per heavy atom. The lowest BCUT2D eigenvalue weighted by atomic mass is 9.89. The molecule has 0 bridgehead atoms. The fraction of sp³-hybridized carbons (Fsp3) is 0.409. The number of nitrogens with zero attached hydrogens (tertiary/aromatic N) is 1. The van der Waals surface area contributed by atoms with Crippen LogP contribution in [0.15, 0.2) is 60.7 Å². The maximum absolute atomic E-state index is 12.9. The van der Waals surface area contributed by atoms with Gasteiger partial charge < -0.3 is 4.74 Å². The van der Waals surface area contributed by atoms with Crippen LogP contribution in [0.3, 0.4) is 0 Å². The fourth-order valence-corrected chi connectivity index (χ4v) is 4.21. The zero-order valence-electron chi connectivity index (χ0n) is 15.2. The standard InChI is InChI=1S/C22H25NO3/c1-2-25-20(24)21(15-9-12-18-10-5-3-6-11-18)16-17-22(23(21)26-22)19-13-7-4-8-14-19/h3-8,10-11,13-14H,2,9,12,15-17H2,1H3/t21-,22+,23?/m1/s1. The van der Waals surface area contributed by atoms with Gasteiger partial charge in [-0.25, -0.2) is 4.79 Å². The van der Waals surface area contributed by atoms with Gasteiger partial charge in [0.15, 0.2) is 5.72 Å². The molecule has 2 aliphatic rings.